The first-order valence-corrected chi connectivity index (χ1v) is 11.0. The van der Waals surface area contributed by atoms with Gasteiger partial charge in [-0.05, 0) is 51.3 Å². The SMILES string of the molecule is CS(=O)(=O)c1ccc(C(=O)Br)c(Cl)c1CSc1nnnn1C1CC1. The van der Waals surface area contributed by atoms with E-state index in [9.17, 15) is 13.2 Å². The van der Waals surface area contributed by atoms with E-state index in [0.29, 0.717) is 16.8 Å². The molecule has 0 bridgehead atoms. The molecule has 1 aliphatic carbocycles. The van der Waals surface area contributed by atoms with E-state index in [4.69, 9.17) is 11.6 Å². The van der Waals surface area contributed by atoms with Gasteiger partial charge < -0.3 is 0 Å². The predicted octanol–water partition coefficient (Wildman–Crippen LogP) is 2.89. The van der Waals surface area contributed by atoms with Crippen molar-refractivity contribution in [1.29, 1.82) is 0 Å². The van der Waals surface area contributed by atoms with Crippen molar-refractivity contribution in [3.8, 4) is 0 Å². The average Bonchev–Trinajstić information content (AvgIpc) is 3.23. The molecule has 128 valence electrons. The number of sulfone groups is 1. The Hall–Kier alpha value is -0.970. The smallest absolute Gasteiger partial charge is 0.229 e. The van der Waals surface area contributed by atoms with Gasteiger partial charge in [0.05, 0.1) is 16.0 Å². The van der Waals surface area contributed by atoms with Gasteiger partial charge in [0.25, 0.3) is 0 Å². The summed E-state index contributed by atoms with van der Waals surface area (Å²) in [5.74, 6) is 0.239. The summed E-state index contributed by atoms with van der Waals surface area (Å²) >= 11 is 10.4. The fourth-order valence-corrected chi connectivity index (χ4v) is 5.11. The van der Waals surface area contributed by atoms with Crippen LogP contribution < -0.4 is 0 Å². The molecule has 1 heterocycles. The van der Waals surface area contributed by atoms with Gasteiger partial charge in [0.15, 0.2) is 9.84 Å². The molecule has 0 spiro atoms. The molecule has 1 saturated carbocycles. The van der Waals surface area contributed by atoms with Crippen LogP contribution in [0.15, 0.2) is 22.2 Å². The fourth-order valence-electron chi connectivity index (χ4n) is 2.20. The third-order valence-corrected chi connectivity index (χ3v) is 6.51. The van der Waals surface area contributed by atoms with Gasteiger partial charge in [-0.15, -0.1) is 5.10 Å². The molecule has 0 atom stereocenters. The molecule has 1 aromatic carbocycles. The van der Waals surface area contributed by atoms with E-state index in [0.717, 1.165) is 19.1 Å². The van der Waals surface area contributed by atoms with Crippen molar-refractivity contribution in [3.63, 3.8) is 0 Å². The second-order valence-electron chi connectivity index (χ2n) is 5.38. The Morgan fingerprint density at radius 3 is 2.75 bits per heavy atom. The van der Waals surface area contributed by atoms with E-state index in [-0.39, 0.29) is 21.2 Å². The zero-order valence-corrected chi connectivity index (χ0v) is 16.4. The Morgan fingerprint density at radius 1 is 1.46 bits per heavy atom. The molecule has 2 aromatic rings. The van der Waals surface area contributed by atoms with Gasteiger partial charge in [-0.25, -0.2) is 13.1 Å². The first-order chi connectivity index (χ1) is 11.3. The number of benzene rings is 1. The molecule has 1 aliphatic rings. The minimum Gasteiger partial charge on any atom is -0.281 e. The predicted molar refractivity (Wildman–Crippen MR) is 93.5 cm³/mol. The van der Waals surface area contributed by atoms with Crippen molar-refractivity contribution in [2.75, 3.05) is 6.26 Å². The lowest BCUT2D eigenvalue weighted by Crippen LogP contribution is -2.06. The number of nitrogens with zero attached hydrogens (tertiary/aromatic N) is 4. The van der Waals surface area contributed by atoms with Crippen molar-refractivity contribution in [2.45, 2.75) is 34.7 Å². The van der Waals surface area contributed by atoms with E-state index >= 15 is 0 Å². The second-order valence-corrected chi connectivity index (χ2v) is 9.40. The summed E-state index contributed by atoms with van der Waals surface area (Å²) in [6, 6.07) is 3.11. The summed E-state index contributed by atoms with van der Waals surface area (Å²) in [5.41, 5.74) is 0.598. The normalized spacial score (nSPS) is 14.8. The van der Waals surface area contributed by atoms with E-state index < -0.39 is 14.5 Å². The Kier molecular flexibility index (Phi) is 5.01. The Labute approximate surface area is 156 Å². The molecule has 0 amide bonds. The minimum atomic E-state index is -3.49. The van der Waals surface area contributed by atoms with Crippen molar-refractivity contribution in [3.05, 3.63) is 28.3 Å². The van der Waals surface area contributed by atoms with E-state index in [2.05, 4.69) is 31.5 Å². The monoisotopic (exact) mass is 450 g/mol. The van der Waals surface area contributed by atoms with Crippen LogP contribution in [-0.2, 0) is 15.6 Å². The number of thioether (sulfide) groups is 1. The summed E-state index contributed by atoms with van der Waals surface area (Å²) in [4.78, 5) is 11.7. The van der Waals surface area contributed by atoms with Gasteiger partial charge in [0.1, 0.15) is 0 Å². The van der Waals surface area contributed by atoms with Crippen LogP contribution in [0.3, 0.4) is 0 Å². The molecule has 0 N–H and O–H groups in total. The van der Waals surface area contributed by atoms with Gasteiger partial charge in [-0.1, -0.05) is 23.4 Å². The Morgan fingerprint density at radius 2 is 2.17 bits per heavy atom. The lowest BCUT2D eigenvalue weighted by molar-refractivity contribution is 0.109. The molecule has 0 saturated heterocycles. The van der Waals surface area contributed by atoms with Crippen LogP contribution in [0.5, 0.6) is 0 Å². The minimum absolute atomic E-state index is 0.1000. The number of carbonyl (C=O) groups excluding carboxylic acids is 1. The van der Waals surface area contributed by atoms with Gasteiger partial charge in [0, 0.05) is 23.1 Å². The highest BCUT2D eigenvalue weighted by molar-refractivity contribution is 9.18. The Balaban J connectivity index is 1.97. The maximum absolute atomic E-state index is 12.0. The molecule has 0 radical (unpaired) electrons. The van der Waals surface area contributed by atoms with Gasteiger partial charge in [0.2, 0.25) is 9.85 Å². The molecule has 1 fully saturated rings. The first-order valence-electron chi connectivity index (χ1n) is 6.91. The van der Waals surface area contributed by atoms with Crippen LogP contribution in [-0.4, -0.2) is 39.6 Å². The maximum atomic E-state index is 12.0. The zero-order chi connectivity index (χ0) is 17.5. The lowest BCUT2D eigenvalue weighted by atomic mass is 10.1. The van der Waals surface area contributed by atoms with Crippen LogP contribution in [0.25, 0.3) is 0 Å². The highest BCUT2D eigenvalue weighted by atomic mass is 79.9. The molecule has 3 rings (SSSR count). The summed E-state index contributed by atoms with van der Waals surface area (Å²) in [7, 11) is -3.49. The second kappa shape index (κ2) is 6.74. The largest absolute Gasteiger partial charge is 0.281 e. The van der Waals surface area contributed by atoms with Gasteiger partial charge >= 0.3 is 0 Å². The molecular formula is C13H12BrClN4O3S2. The molecule has 11 heteroatoms. The molecule has 24 heavy (non-hydrogen) atoms. The van der Waals surface area contributed by atoms with Crippen molar-refractivity contribution in [1.82, 2.24) is 20.2 Å². The van der Waals surface area contributed by atoms with E-state index in [1.54, 1.807) is 4.68 Å². The molecule has 0 unspecified atom stereocenters. The topological polar surface area (TPSA) is 94.8 Å². The number of tetrazole rings is 1. The van der Waals surface area contributed by atoms with Crippen molar-refractivity contribution < 1.29 is 13.2 Å². The number of halogens is 2. The summed E-state index contributed by atoms with van der Waals surface area (Å²) < 4.78 is 25.4. The average molecular weight is 452 g/mol. The number of hydrogen-bond acceptors (Lipinski definition) is 7. The standard InChI is InChI=1S/C13H12BrClN4O3S2/c1-24(21,22)10-5-4-8(12(14)20)11(15)9(10)6-23-13-16-17-18-19(13)7-2-3-7/h4-5,7H,2-3,6H2,1H3. The van der Waals surface area contributed by atoms with Crippen molar-refractivity contribution in [2.24, 2.45) is 0 Å². The summed E-state index contributed by atoms with van der Waals surface area (Å²) in [6.07, 6.45) is 3.17. The molecule has 1 aromatic heterocycles. The highest BCUT2D eigenvalue weighted by Crippen LogP contribution is 2.38. The summed E-state index contributed by atoms with van der Waals surface area (Å²) in [5, 5.41) is 12.3. The number of hydrogen-bond donors (Lipinski definition) is 0. The van der Waals surface area contributed by atoms with Crippen LogP contribution in [0, 0.1) is 0 Å². The van der Waals surface area contributed by atoms with Crippen LogP contribution in [0.1, 0.15) is 34.8 Å². The fraction of sp³-hybridized carbons (Fsp3) is 0.385. The third-order valence-electron chi connectivity index (χ3n) is 3.51. The first kappa shape index (κ1) is 17.8. The number of rotatable bonds is 6. The van der Waals surface area contributed by atoms with Crippen molar-refractivity contribution >= 4 is 53.8 Å². The third kappa shape index (κ3) is 3.66. The lowest BCUT2D eigenvalue weighted by Gasteiger charge is -2.12. The molecule has 0 aliphatic heterocycles. The van der Waals surface area contributed by atoms with Gasteiger partial charge in [-0.2, -0.15) is 0 Å². The van der Waals surface area contributed by atoms with Crippen LogP contribution in [0.2, 0.25) is 5.02 Å². The van der Waals surface area contributed by atoms with E-state index in [1.165, 1.54) is 23.9 Å². The van der Waals surface area contributed by atoms with E-state index in [1.807, 2.05) is 0 Å². The molecular weight excluding hydrogens is 440 g/mol. The zero-order valence-electron chi connectivity index (χ0n) is 12.4. The highest BCUT2D eigenvalue weighted by Gasteiger charge is 2.28. The van der Waals surface area contributed by atoms with Crippen LogP contribution in [0.4, 0.5) is 0 Å². The Bertz CT molecular complexity index is 912. The molecule has 7 nitrogen and oxygen atoms in total. The number of aromatic nitrogens is 4. The van der Waals surface area contributed by atoms with Crippen LogP contribution >= 0.6 is 39.3 Å². The number of carbonyl (C=O) groups is 1. The summed E-state index contributed by atoms with van der Waals surface area (Å²) in [6.45, 7) is 0. The maximum Gasteiger partial charge on any atom is 0.229 e. The van der Waals surface area contributed by atoms with Gasteiger partial charge in [-0.3, -0.25) is 4.79 Å². The quantitative estimate of drug-likeness (QED) is 0.492.